The second kappa shape index (κ2) is 6.93. The van der Waals surface area contributed by atoms with E-state index in [1.165, 1.54) is 24.3 Å². The van der Waals surface area contributed by atoms with Gasteiger partial charge in [0.25, 0.3) is 10.0 Å². The Labute approximate surface area is 166 Å². The largest absolute Gasteiger partial charge is 0.358 e. The first-order valence-electron chi connectivity index (χ1n) is 8.89. The van der Waals surface area contributed by atoms with Crippen LogP contribution in [0.3, 0.4) is 0 Å². The molecule has 1 aromatic heterocycles. The van der Waals surface area contributed by atoms with Crippen LogP contribution in [0, 0.1) is 0 Å². The summed E-state index contributed by atoms with van der Waals surface area (Å²) < 4.78 is 52.1. The number of nitrogens with one attached hydrogen (secondary N) is 2. The fourth-order valence-corrected chi connectivity index (χ4v) is 5.62. The molecule has 0 aliphatic carbocycles. The molecular formula is C20H24N2O4S2. The molecule has 6 nitrogen and oxygen atoms in total. The second-order valence-electron chi connectivity index (χ2n) is 7.55. The molecule has 1 heterocycles. The number of fused-ring (bicyclic) bond motifs is 1. The molecule has 3 rings (SSSR count). The number of anilines is 1. The number of aromatic amines is 1. The zero-order valence-electron chi connectivity index (χ0n) is 16.3. The number of rotatable bonds is 6. The average molecular weight is 421 g/mol. The van der Waals surface area contributed by atoms with Gasteiger partial charge < -0.3 is 4.98 Å². The third-order valence-electron chi connectivity index (χ3n) is 5.02. The van der Waals surface area contributed by atoms with E-state index in [1.54, 1.807) is 12.1 Å². The molecule has 0 atom stereocenters. The van der Waals surface area contributed by atoms with Crippen LogP contribution in [0.25, 0.3) is 10.9 Å². The van der Waals surface area contributed by atoms with Crippen molar-refractivity contribution < 1.29 is 16.8 Å². The normalized spacial score (nSPS) is 13.0. The smallest absolute Gasteiger partial charge is 0.263 e. The van der Waals surface area contributed by atoms with Crippen molar-refractivity contribution in [3.05, 3.63) is 54.2 Å². The molecule has 0 spiro atoms. The summed E-state index contributed by atoms with van der Waals surface area (Å²) >= 11 is 0. The van der Waals surface area contributed by atoms with Crippen molar-refractivity contribution in [2.75, 3.05) is 11.0 Å². The quantitative estimate of drug-likeness (QED) is 0.628. The highest BCUT2D eigenvalue weighted by molar-refractivity contribution is 7.95. The number of sulfone groups is 1. The summed E-state index contributed by atoms with van der Waals surface area (Å²) in [5.41, 5.74) is 2.34. The van der Waals surface area contributed by atoms with Crippen LogP contribution in [0.5, 0.6) is 0 Å². The number of sulfonamides is 1. The molecule has 0 fully saturated rings. The molecule has 2 aromatic carbocycles. The van der Waals surface area contributed by atoms with Gasteiger partial charge in [0.05, 0.1) is 4.90 Å². The number of hydrogen-bond acceptors (Lipinski definition) is 4. The summed E-state index contributed by atoms with van der Waals surface area (Å²) in [4.78, 5) is 2.89. The van der Waals surface area contributed by atoms with Crippen molar-refractivity contribution in [1.29, 1.82) is 0 Å². The van der Waals surface area contributed by atoms with Crippen LogP contribution < -0.4 is 4.72 Å². The summed E-state index contributed by atoms with van der Waals surface area (Å²) in [5, 5.41) is 0.883. The number of aromatic nitrogens is 1. The molecule has 0 aliphatic rings. The highest BCUT2D eigenvalue weighted by Crippen LogP contribution is 2.31. The predicted molar refractivity (Wildman–Crippen MR) is 112 cm³/mol. The van der Waals surface area contributed by atoms with Crippen molar-refractivity contribution in [2.24, 2.45) is 0 Å². The molecule has 0 bridgehead atoms. The van der Waals surface area contributed by atoms with Gasteiger partial charge in [0, 0.05) is 34.0 Å². The SMILES string of the molecule is CCC(C)(C)c1cc2cc(NS(=O)(=O)c3ccccc3S(C)(=O)=O)ccc2[nH]1. The Kier molecular flexibility index (Phi) is 5.05. The molecule has 150 valence electrons. The predicted octanol–water partition coefficient (Wildman–Crippen LogP) is 4.06. The lowest BCUT2D eigenvalue weighted by atomic mass is 9.86. The fourth-order valence-electron chi connectivity index (χ4n) is 2.94. The van der Waals surface area contributed by atoms with Gasteiger partial charge in [-0.2, -0.15) is 0 Å². The van der Waals surface area contributed by atoms with Crippen LogP contribution in [-0.2, 0) is 25.3 Å². The van der Waals surface area contributed by atoms with Crippen LogP contribution in [0.15, 0.2) is 58.3 Å². The van der Waals surface area contributed by atoms with Crippen LogP contribution in [-0.4, -0.2) is 28.1 Å². The highest BCUT2D eigenvalue weighted by atomic mass is 32.2. The van der Waals surface area contributed by atoms with Gasteiger partial charge in [-0.05, 0) is 42.8 Å². The monoisotopic (exact) mass is 420 g/mol. The summed E-state index contributed by atoms with van der Waals surface area (Å²) in [7, 11) is -7.75. The lowest BCUT2D eigenvalue weighted by Crippen LogP contribution is -2.16. The van der Waals surface area contributed by atoms with E-state index in [9.17, 15) is 16.8 Å². The van der Waals surface area contributed by atoms with Gasteiger partial charge in [-0.15, -0.1) is 0 Å². The Morgan fingerprint density at radius 3 is 2.21 bits per heavy atom. The minimum atomic E-state index is -4.06. The van der Waals surface area contributed by atoms with E-state index in [0.29, 0.717) is 5.69 Å². The van der Waals surface area contributed by atoms with E-state index in [-0.39, 0.29) is 15.2 Å². The molecule has 2 N–H and O–H groups in total. The first-order chi connectivity index (χ1) is 12.9. The average Bonchev–Trinajstić information content (AvgIpc) is 3.05. The standard InChI is InChI=1S/C20H24N2O4S2/c1-5-20(2,3)19-13-14-12-15(10-11-16(14)21-19)22-28(25,26)18-9-7-6-8-17(18)27(4,23)24/h6-13,21-22H,5H2,1-4H3. The molecule has 0 saturated carbocycles. The maximum absolute atomic E-state index is 12.8. The fraction of sp³-hybridized carbons (Fsp3) is 0.300. The first kappa shape index (κ1) is 20.4. The van der Waals surface area contributed by atoms with E-state index in [2.05, 4.69) is 30.5 Å². The van der Waals surface area contributed by atoms with Gasteiger partial charge in [-0.1, -0.05) is 32.9 Å². The lowest BCUT2D eigenvalue weighted by Gasteiger charge is -2.20. The minimum Gasteiger partial charge on any atom is -0.358 e. The molecular weight excluding hydrogens is 396 g/mol. The Hall–Kier alpha value is -2.32. The zero-order valence-corrected chi connectivity index (χ0v) is 17.9. The molecule has 0 saturated heterocycles. The van der Waals surface area contributed by atoms with E-state index in [4.69, 9.17) is 0 Å². The number of benzene rings is 2. The Morgan fingerprint density at radius 1 is 0.964 bits per heavy atom. The number of hydrogen-bond donors (Lipinski definition) is 2. The summed E-state index contributed by atoms with van der Waals surface area (Å²) in [6.07, 6.45) is 1.95. The Bertz CT molecular complexity index is 1240. The molecule has 0 unspecified atom stereocenters. The molecule has 0 radical (unpaired) electrons. The topological polar surface area (TPSA) is 96.1 Å². The van der Waals surface area contributed by atoms with E-state index in [1.807, 2.05) is 12.1 Å². The van der Waals surface area contributed by atoms with Crippen LogP contribution in [0.2, 0.25) is 0 Å². The van der Waals surface area contributed by atoms with Crippen molar-refractivity contribution in [3.8, 4) is 0 Å². The first-order valence-corrected chi connectivity index (χ1v) is 12.3. The summed E-state index contributed by atoms with van der Waals surface area (Å²) in [5.74, 6) is 0. The lowest BCUT2D eigenvalue weighted by molar-refractivity contribution is 0.494. The van der Waals surface area contributed by atoms with Gasteiger partial charge in [0.2, 0.25) is 0 Å². The van der Waals surface area contributed by atoms with Crippen molar-refractivity contribution >= 4 is 36.5 Å². The van der Waals surface area contributed by atoms with Gasteiger partial charge >= 0.3 is 0 Å². The van der Waals surface area contributed by atoms with Crippen molar-refractivity contribution in [2.45, 2.75) is 42.4 Å². The third-order valence-corrected chi connectivity index (χ3v) is 7.75. The maximum atomic E-state index is 12.8. The van der Waals surface area contributed by atoms with Crippen molar-refractivity contribution in [3.63, 3.8) is 0 Å². The van der Waals surface area contributed by atoms with Gasteiger partial charge in [0.1, 0.15) is 4.90 Å². The van der Waals surface area contributed by atoms with Crippen LogP contribution in [0.4, 0.5) is 5.69 Å². The van der Waals surface area contributed by atoms with Gasteiger partial charge in [-0.25, -0.2) is 16.8 Å². The highest BCUT2D eigenvalue weighted by Gasteiger charge is 2.24. The zero-order chi connectivity index (χ0) is 20.7. The van der Waals surface area contributed by atoms with Crippen LogP contribution in [0.1, 0.15) is 32.9 Å². The van der Waals surface area contributed by atoms with Gasteiger partial charge in [-0.3, -0.25) is 4.72 Å². The Morgan fingerprint density at radius 2 is 1.61 bits per heavy atom. The second-order valence-corrected chi connectivity index (χ2v) is 11.2. The van der Waals surface area contributed by atoms with E-state index >= 15 is 0 Å². The van der Waals surface area contributed by atoms with Gasteiger partial charge in [0.15, 0.2) is 9.84 Å². The van der Waals surface area contributed by atoms with E-state index < -0.39 is 19.9 Å². The molecule has 28 heavy (non-hydrogen) atoms. The maximum Gasteiger partial charge on any atom is 0.263 e. The molecule has 8 heteroatoms. The van der Waals surface area contributed by atoms with Crippen molar-refractivity contribution in [1.82, 2.24) is 4.98 Å². The molecule has 3 aromatic rings. The Balaban J connectivity index is 2.01. The van der Waals surface area contributed by atoms with Crippen LogP contribution >= 0.6 is 0 Å². The summed E-state index contributed by atoms with van der Waals surface area (Å²) in [6, 6.07) is 12.8. The third kappa shape index (κ3) is 3.93. The molecule has 0 amide bonds. The minimum absolute atomic E-state index is 0.0207. The number of H-pyrrole nitrogens is 1. The summed E-state index contributed by atoms with van der Waals surface area (Å²) in [6.45, 7) is 6.40. The molecule has 0 aliphatic heterocycles. The van der Waals surface area contributed by atoms with E-state index in [0.717, 1.165) is 29.3 Å².